The number of anilines is 3. The Morgan fingerprint density at radius 3 is 2.60 bits per heavy atom. The molecule has 2 aliphatic rings. The van der Waals surface area contributed by atoms with Crippen LogP contribution in [0.1, 0.15) is 37.3 Å². The van der Waals surface area contributed by atoms with Gasteiger partial charge >= 0.3 is 0 Å². The van der Waals surface area contributed by atoms with Crippen LogP contribution in [0.2, 0.25) is 0 Å². The SMILES string of the molecule is CCN1Cc2ccc(Nc3cnc(N4CCCCC4)c(F)c3)cc2C1. The number of rotatable bonds is 4. The van der Waals surface area contributed by atoms with Gasteiger partial charge in [-0.25, -0.2) is 9.37 Å². The molecule has 0 aliphatic carbocycles. The van der Waals surface area contributed by atoms with Crippen molar-refractivity contribution in [1.82, 2.24) is 9.88 Å². The van der Waals surface area contributed by atoms with E-state index in [1.165, 1.54) is 17.5 Å². The lowest BCUT2D eigenvalue weighted by atomic mass is 10.1. The van der Waals surface area contributed by atoms with E-state index in [1.54, 1.807) is 12.3 Å². The summed E-state index contributed by atoms with van der Waals surface area (Å²) in [6.45, 7) is 7.05. The first-order chi connectivity index (χ1) is 12.2. The maximum Gasteiger partial charge on any atom is 0.167 e. The van der Waals surface area contributed by atoms with Gasteiger partial charge in [-0.3, -0.25) is 4.90 Å². The van der Waals surface area contributed by atoms with E-state index in [-0.39, 0.29) is 5.82 Å². The molecule has 4 nitrogen and oxygen atoms in total. The molecule has 1 aromatic carbocycles. The van der Waals surface area contributed by atoms with Crippen LogP contribution in [0.4, 0.5) is 21.6 Å². The zero-order valence-corrected chi connectivity index (χ0v) is 14.8. The van der Waals surface area contributed by atoms with Crippen LogP contribution in [0.5, 0.6) is 0 Å². The van der Waals surface area contributed by atoms with Gasteiger partial charge in [0.05, 0.1) is 11.9 Å². The molecule has 4 rings (SSSR count). The third-order valence-corrected chi connectivity index (χ3v) is 5.21. The number of hydrogen-bond acceptors (Lipinski definition) is 4. The first-order valence-corrected chi connectivity index (χ1v) is 9.24. The van der Waals surface area contributed by atoms with Crippen LogP contribution < -0.4 is 10.2 Å². The zero-order chi connectivity index (χ0) is 17.2. The molecule has 0 spiro atoms. The Kier molecular flexibility index (Phi) is 4.57. The second kappa shape index (κ2) is 7.00. The standard InChI is InChI=1S/C20H25FN4/c1-2-24-13-15-6-7-17(10-16(15)14-24)23-18-11-19(21)20(22-12-18)25-8-4-3-5-9-25/h6-7,10-12,23H,2-5,8-9,13-14H2,1H3. The van der Waals surface area contributed by atoms with E-state index in [9.17, 15) is 4.39 Å². The van der Waals surface area contributed by atoms with E-state index in [4.69, 9.17) is 0 Å². The summed E-state index contributed by atoms with van der Waals surface area (Å²) >= 11 is 0. The normalized spacial score (nSPS) is 17.6. The third kappa shape index (κ3) is 3.47. The first-order valence-electron chi connectivity index (χ1n) is 9.24. The molecular formula is C20H25FN4. The maximum atomic E-state index is 14.5. The molecule has 2 aromatic rings. The number of halogens is 1. The highest BCUT2D eigenvalue weighted by Crippen LogP contribution is 2.28. The van der Waals surface area contributed by atoms with E-state index >= 15 is 0 Å². The predicted octanol–water partition coefficient (Wildman–Crippen LogP) is 4.29. The van der Waals surface area contributed by atoms with Gasteiger partial charge in [0.1, 0.15) is 0 Å². The van der Waals surface area contributed by atoms with E-state index < -0.39 is 0 Å². The van der Waals surface area contributed by atoms with Crippen molar-refractivity contribution in [3.63, 3.8) is 0 Å². The molecule has 0 bridgehead atoms. The molecule has 25 heavy (non-hydrogen) atoms. The molecular weight excluding hydrogens is 315 g/mol. The fourth-order valence-corrected chi connectivity index (χ4v) is 3.77. The molecule has 0 atom stereocenters. The Morgan fingerprint density at radius 2 is 1.84 bits per heavy atom. The van der Waals surface area contributed by atoms with Crippen molar-refractivity contribution < 1.29 is 4.39 Å². The highest BCUT2D eigenvalue weighted by atomic mass is 19.1. The smallest absolute Gasteiger partial charge is 0.167 e. The lowest BCUT2D eigenvalue weighted by molar-refractivity contribution is 0.301. The minimum absolute atomic E-state index is 0.245. The number of pyridine rings is 1. The van der Waals surface area contributed by atoms with Crippen LogP contribution in [-0.2, 0) is 13.1 Å². The third-order valence-electron chi connectivity index (χ3n) is 5.21. The number of nitrogens with zero attached hydrogens (tertiary/aromatic N) is 3. The molecule has 1 saturated heterocycles. The number of aromatic nitrogens is 1. The summed E-state index contributed by atoms with van der Waals surface area (Å²) in [6, 6.07) is 7.96. The van der Waals surface area contributed by atoms with Crippen LogP contribution >= 0.6 is 0 Å². The molecule has 0 radical (unpaired) electrons. The van der Waals surface area contributed by atoms with Crippen LogP contribution in [0.25, 0.3) is 0 Å². The average Bonchev–Trinajstić information content (AvgIpc) is 3.05. The summed E-state index contributed by atoms with van der Waals surface area (Å²) in [5.41, 5.74) is 4.43. The monoisotopic (exact) mass is 340 g/mol. The maximum absolute atomic E-state index is 14.5. The minimum atomic E-state index is -0.245. The lowest BCUT2D eigenvalue weighted by Gasteiger charge is -2.28. The first kappa shape index (κ1) is 16.3. The average molecular weight is 340 g/mol. The summed E-state index contributed by atoms with van der Waals surface area (Å²) in [5, 5.41) is 3.30. The van der Waals surface area contributed by atoms with Crippen molar-refractivity contribution in [2.45, 2.75) is 39.3 Å². The van der Waals surface area contributed by atoms with Crippen molar-refractivity contribution in [1.29, 1.82) is 0 Å². The van der Waals surface area contributed by atoms with Crippen LogP contribution in [0.3, 0.4) is 0 Å². The van der Waals surface area contributed by atoms with Crippen LogP contribution in [0, 0.1) is 5.82 Å². The zero-order valence-electron chi connectivity index (χ0n) is 14.8. The Bertz CT molecular complexity index is 755. The van der Waals surface area contributed by atoms with E-state index in [2.05, 4.69) is 45.2 Å². The number of hydrogen-bond donors (Lipinski definition) is 1. The second-order valence-electron chi connectivity index (χ2n) is 6.99. The van der Waals surface area contributed by atoms with Gasteiger partial charge in [0.15, 0.2) is 11.6 Å². The summed E-state index contributed by atoms with van der Waals surface area (Å²) < 4.78 is 14.5. The Balaban J connectivity index is 1.49. The topological polar surface area (TPSA) is 31.4 Å². The van der Waals surface area contributed by atoms with Gasteiger partial charge in [0.2, 0.25) is 0 Å². The molecule has 0 amide bonds. The summed E-state index contributed by atoms with van der Waals surface area (Å²) in [4.78, 5) is 8.83. The fourth-order valence-electron chi connectivity index (χ4n) is 3.77. The molecule has 1 N–H and O–H groups in total. The van der Waals surface area contributed by atoms with Crippen LogP contribution in [0.15, 0.2) is 30.5 Å². The molecule has 0 saturated carbocycles. The number of fused-ring (bicyclic) bond motifs is 1. The molecule has 1 aromatic heterocycles. The molecule has 3 heterocycles. The van der Waals surface area contributed by atoms with Crippen molar-refractivity contribution in [3.8, 4) is 0 Å². The highest BCUT2D eigenvalue weighted by Gasteiger charge is 2.18. The Morgan fingerprint density at radius 1 is 1.04 bits per heavy atom. The van der Waals surface area contributed by atoms with Crippen molar-refractivity contribution in [3.05, 3.63) is 47.4 Å². The largest absolute Gasteiger partial charge is 0.354 e. The molecule has 2 aliphatic heterocycles. The Hall–Kier alpha value is -2.14. The Labute approximate surface area is 148 Å². The van der Waals surface area contributed by atoms with Gasteiger partial charge < -0.3 is 10.2 Å². The van der Waals surface area contributed by atoms with Crippen molar-refractivity contribution >= 4 is 17.2 Å². The van der Waals surface area contributed by atoms with Gasteiger partial charge in [-0.1, -0.05) is 13.0 Å². The fraction of sp³-hybridized carbons (Fsp3) is 0.450. The molecule has 5 heteroatoms. The van der Waals surface area contributed by atoms with Gasteiger partial charge in [-0.2, -0.15) is 0 Å². The molecule has 132 valence electrons. The van der Waals surface area contributed by atoms with Crippen molar-refractivity contribution in [2.24, 2.45) is 0 Å². The predicted molar refractivity (Wildman–Crippen MR) is 99.8 cm³/mol. The second-order valence-corrected chi connectivity index (χ2v) is 6.99. The molecule has 0 unspecified atom stereocenters. The minimum Gasteiger partial charge on any atom is -0.354 e. The van der Waals surface area contributed by atoms with E-state index in [0.29, 0.717) is 11.5 Å². The summed E-state index contributed by atoms with van der Waals surface area (Å²) in [6.07, 6.45) is 5.19. The lowest BCUT2D eigenvalue weighted by Crippen LogP contribution is -2.30. The van der Waals surface area contributed by atoms with E-state index in [0.717, 1.165) is 51.3 Å². The molecule has 1 fully saturated rings. The van der Waals surface area contributed by atoms with Gasteiger partial charge in [0.25, 0.3) is 0 Å². The number of piperidine rings is 1. The van der Waals surface area contributed by atoms with E-state index in [1.807, 2.05) is 0 Å². The van der Waals surface area contributed by atoms with Gasteiger partial charge in [-0.05, 0) is 49.1 Å². The van der Waals surface area contributed by atoms with Gasteiger partial charge in [0, 0.05) is 37.9 Å². The summed E-state index contributed by atoms with van der Waals surface area (Å²) in [5.74, 6) is 0.239. The number of benzene rings is 1. The quantitative estimate of drug-likeness (QED) is 0.900. The van der Waals surface area contributed by atoms with Crippen LogP contribution in [-0.4, -0.2) is 29.5 Å². The van der Waals surface area contributed by atoms with Gasteiger partial charge in [-0.15, -0.1) is 0 Å². The number of nitrogens with one attached hydrogen (secondary N) is 1. The van der Waals surface area contributed by atoms with Crippen molar-refractivity contribution in [2.75, 3.05) is 29.9 Å². The highest BCUT2D eigenvalue weighted by molar-refractivity contribution is 5.62. The summed E-state index contributed by atoms with van der Waals surface area (Å²) in [7, 11) is 0.